The van der Waals surface area contributed by atoms with E-state index >= 15 is 0 Å². The van der Waals surface area contributed by atoms with Crippen LogP contribution in [0.5, 0.6) is 5.75 Å². The summed E-state index contributed by atoms with van der Waals surface area (Å²) in [7, 11) is 0. The van der Waals surface area contributed by atoms with Crippen molar-refractivity contribution in [1.82, 2.24) is 0 Å². The Morgan fingerprint density at radius 3 is 2.80 bits per heavy atom. The Balaban J connectivity index is 1.91. The Morgan fingerprint density at radius 1 is 1.45 bits per heavy atom. The molecule has 1 aliphatic carbocycles. The molecular weight excluding hydrogens is 320 g/mol. The molecule has 3 nitrogen and oxygen atoms in total. The van der Waals surface area contributed by atoms with Crippen molar-refractivity contribution in [3.63, 3.8) is 0 Å². The van der Waals surface area contributed by atoms with Crippen LogP contribution in [0.2, 0.25) is 0 Å². The van der Waals surface area contributed by atoms with Crippen molar-refractivity contribution in [3.8, 4) is 5.75 Å². The van der Waals surface area contributed by atoms with Gasteiger partial charge in [0.15, 0.2) is 5.78 Å². The average Bonchev–Trinajstić information content (AvgIpc) is 2.90. The number of ether oxygens (including phenoxy) is 1. The minimum absolute atomic E-state index is 0.0356. The van der Waals surface area contributed by atoms with Crippen LogP contribution in [0.4, 0.5) is 0 Å². The van der Waals surface area contributed by atoms with Gasteiger partial charge in [-0.15, -0.1) is 0 Å². The lowest BCUT2D eigenvalue weighted by atomic mass is 10.0. The maximum atomic E-state index is 11.6. The van der Waals surface area contributed by atoms with E-state index in [1.54, 1.807) is 12.1 Å². The fourth-order valence-corrected chi connectivity index (χ4v) is 3.15. The van der Waals surface area contributed by atoms with Crippen LogP contribution in [0.1, 0.15) is 49.4 Å². The van der Waals surface area contributed by atoms with Gasteiger partial charge in [0.1, 0.15) is 12.4 Å². The fraction of sp³-hybridized carbons (Fsp3) is 0.562. The van der Waals surface area contributed by atoms with E-state index in [9.17, 15) is 9.90 Å². The fourth-order valence-electron chi connectivity index (χ4n) is 2.79. The van der Waals surface area contributed by atoms with Crippen LogP contribution in [-0.2, 0) is 0 Å². The van der Waals surface area contributed by atoms with Crippen LogP contribution in [0.15, 0.2) is 22.7 Å². The van der Waals surface area contributed by atoms with Crippen LogP contribution in [0.3, 0.4) is 0 Å². The molecule has 20 heavy (non-hydrogen) atoms. The zero-order valence-electron chi connectivity index (χ0n) is 11.8. The molecule has 1 aliphatic rings. The third-order valence-corrected chi connectivity index (χ3v) is 4.33. The standard InChI is InChI=1S/C16H21BrO3/c1-11(18)15-9-13(17)6-7-16(15)20-10-14(19)8-12-4-2-3-5-12/h6-7,9,12,14,19H,2-5,8,10H2,1H3. The minimum atomic E-state index is -0.457. The van der Waals surface area contributed by atoms with Crippen LogP contribution < -0.4 is 4.74 Å². The molecule has 0 heterocycles. The van der Waals surface area contributed by atoms with Gasteiger partial charge in [0.05, 0.1) is 11.7 Å². The summed E-state index contributed by atoms with van der Waals surface area (Å²) in [5, 5.41) is 10.0. The smallest absolute Gasteiger partial charge is 0.163 e. The van der Waals surface area contributed by atoms with E-state index in [0.717, 1.165) is 10.9 Å². The SMILES string of the molecule is CC(=O)c1cc(Br)ccc1OCC(O)CC1CCCC1. The van der Waals surface area contributed by atoms with Crippen LogP contribution in [0.25, 0.3) is 0 Å². The third-order valence-electron chi connectivity index (χ3n) is 3.83. The molecule has 0 spiro atoms. The second-order valence-corrected chi connectivity index (χ2v) is 6.46. The summed E-state index contributed by atoms with van der Waals surface area (Å²) in [6.45, 7) is 1.77. The van der Waals surface area contributed by atoms with Crippen molar-refractivity contribution in [2.45, 2.75) is 45.1 Å². The molecule has 0 amide bonds. The Morgan fingerprint density at radius 2 is 2.15 bits per heavy atom. The van der Waals surface area contributed by atoms with E-state index < -0.39 is 6.10 Å². The Labute approximate surface area is 128 Å². The van der Waals surface area contributed by atoms with E-state index in [-0.39, 0.29) is 12.4 Å². The maximum absolute atomic E-state index is 11.6. The molecule has 1 aromatic carbocycles. The summed E-state index contributed by atoms with van der Waals surface area (Å²) in [4.78, 5) is 11.6. The number of hydrogen-bond donors (Lipinski definition) is 1. The first-order valence-electron chi connectivity index (χ1n) is 7.17. The summed E-state index contributed by atoms with van der Waals surface area (Å²) in [5.41, 5.74) is 0.549. The Hall–Kier alpha value is -0.870. The summed E-state index contributed by atoms with van der Waals surface area (Å²) in [6.07, 6.45) is 5.33. The zero-order valence-corrected chi connectivity index (χ0v) is 13.4. The van der Waals surface area contributed by atoms with E-state index in [1.807, 2.05) is 6.07 Å². The summed E-state index contributed by atoms with van der Waals surface area (Å²) in [5.74, 6) is 1.14. The first-order chi connectivity index (χ1) is 9.56. The van der Waals surface area contributed by atoms with Gasteiger partial charge in [0.2, 0.25) is 0 Å². The number of ketones is 1. The normalized spacial score (nSPS) is 17.1. The van der Waals surface area contributed by atoms with Gasteiger partial charge in [-0.2, -0.15) is 0 Å². The van der Waals surface area contributed by atoms with E-state index in [4.69, 9.17) is 4.74 Å². The molecule has 1 saturated carbocycles. The molecule has 1 aromatic rings. The molecule has 0 aliphatic heterocycles. The van der Waals surface area contributed by atoms with Crippen molar-refractivity contribution in [1.29, 1.82) is 0 Å². The van der Waals surface area contributed by atoms with E-state index in [0.29, 0.717) is 17.2 Å². The van der Waals surface area contributed by atoms with Crippen molar-refractivity contribution in [3.05, 3.63) is 28.2 Å². The third kappa shape index (κ3) is 4.32. The van der Waals surface area contributed by atoms with Gasteiger partial charge in [-0.3, -0.25) is 4.79 Å². The second-order valence-electron chi connectivity index (χ2n) is 5.55. The van der Waals surface area contributed by atoms with Gasteiger partial charge in [0.25, 0.3) is 0 Å². The molecule has 1 atom stereocenters. The van der Waals surface area contributed by atoms with Gasteiger partial charge < -0.3 is 9.84 Å². The molecule has 0 radical (unpaired) electrons. The highest BCUT2D eigenvalue weighted by Gasteiger charge is 2.19. The number of benzene rings is 1. The number of carbonyl (C=O) groups is 1. The molecule has 0 bridgehead atoms. The number of carbonyl (C=O) groups excluding carboxylic acids is 1. The molecule has 110 valence electrons. The van der Waals surface area contributed by atoms with Crippen molar-refractivity contribution >= 4 is 21.7 Å². The lowest BCUT2D eigenvalue weighted by Gasteiger charge is -2.17. The number of rotatable bonds is 6. The highest BCUT2D eigenvalue weighted by Crippen LogP contribution is 2.29. The van der Waals surface area contributed by atoms with Gasteiger partial charge in [0, 0.05) is 4.47 Å². The highest BCUT2D eigenvalue weighted by atomic mass is 79.9. The lowest BCUT2D eigenvalue weighted by molar-refractivity contribution is 0.0837. The van der Waals surface area contributed by atoms with E-state index in [1.165, 1.54) is 32.6 Å². The molecule has 1 fully saturated rings. The molecular formula is C16H21BrO3. The minimum Gasteiger partial charge on any atom is -0.490 e. The number of aliphatic hydroxyl groups excluding tert-OH is 1. The van der Waals surface area contributed by atoms with Gasteiger partial charge in [-0.25, -0.2) is 0 Å². The van der Waals surface area contributed by atoms with E-state index in [2.05, 4.69) is 15.9 Å². The largest absolute Gasteiger partial charge is 0.490 e. The van der Waals surface area contributed by atoms with Crippen molar-refractivity contribution in [2.24, 2.45) is 5.92 Å². The first-order valence-corrected chi connectivity index (χ1v) is 7.97. The summed E-state index contributed by atoms with van der Waals surface area (Å²) >= 11 is 3.35. The molecule has 1 N–H and O–H groups in total. The zero-order chi connectivity index (χ0) is 14.5. The molecule has 4 heteroatoms. The van der Waals surface area contributed by atoms with Crippen LogP contribution in [0, 0.1) is 5.92 Å². The summed E-state index contributed by atoms with van der Waals surface area (Å²) < 4.78 is 6.48. The van der Waals surface area contributed by atoms with Crippen LogP contribution in [-0.4, -0.2) is 23.6 Å². The van der Waals surface area contributed by atoms with Gasteiger partial charge in [-0.05, 0) is 37.5 Å². The highest BCUT2D eigenvalue weighted by molar-refractivity contribution is 9.10. The maximum Gasteiger partial charge on any atom is 0.163 e. The monoisotopic (exact) mass is 340 g/mol. The topological polar surface area (TPSA) is 46.5 Å². The quantitative estimate of drug-likeness (QED) is 0.797. The lowest BCUT2D eigenvalue weighted by Crippen LogP contribution is -2.21. The van der Waals surface area contributed by atoms with Gasteiger partial charge >= 0.3 is 0 Å². The van der Waals surface area contributed by atoms with Crippen molar-refractivity contribution < 1.29 is 14.6 Å². The number of Topliss-reactive ketones (excluding diaryl/α,β-unsaturated/α-hetero) is 1. The number of halogens is 1. The van der Waals surface area contributed by atoms with Crippen molar-refractivity contribution in [2.75, 3.05) is 6.61 Å². The number of aliphatic hydroxyl groups is 1. The molecule has 1 unspecified atom stereocenters. The first kappa shape index (κ1) is 15.5. The summed E-state index contributed by atoms with van der Waals surface area (Å²) in [6, 6.07) is 5.36. The predicted molar refractivity (Wildman–Crippen MR) is 82.2 cm³/mol. The second kappa shape index (κ2) is 7.23. The molecule has 0 saturated heterocycles. The predicted octanol–water partition coefficient (Wildman–Crippen LogP) is 3.97. The molecule has 0 aromatic heterocycles. The number of hydrogen-bond acceptors (Lipinski definition) is 3. The van der Waals surface area contributed by atoms with Crippen LogP contribution >= 0.6 is 15.9 Å². The average molecular weight is 341 g/mol. The molecule has 2 rings (SSSR count). The van der Waals surface area contributed by atoms with Gasteiger partial charge in [-0.1, -0.05) is 41.6 Å². The Kier molecular flexibility index (Phi) is 5.61. The Bertz CT molecular complexity index is 467.